The van der Waals surface area contributed by atoms with E-state index in [0.717, 1.165) is 18.4 Å². The first-order chi connectivity index (χ1) is 22.3. The Labute approximate surface area is 279 Å². The van der Waals surface area contributed by atoms with Gasteiger partial charge in [-0.1, -0.05) is 88.4 Å². The van der Waals surface area contributed by atoms with Gasteiger partial charge in [0.05, 0.1) is 49.6 Å². The second kappa shape index (κ2) is 14.3. The highest BCUT2D eigenvalue weighted by Gasteiger charge is 2.67. The van der Waals surface area contributed by atoms with Gasteiger partial charge in [-0.3, -0.25) is 19.2 Å². The number of nitrogens with one attached hydrogen (secondary N) is 2. The van der Waals surface area contributed by atoms with Crippen molar-refractivity contribution in [2.45, 2.75) is 90.4 Å². The Morgan fingerprint density at radius 2 is 1.60 bits per heavy atom. The lowest BCUT2D eigenvalue weighted by Gasteiger charge is -2.64. The zero-order valence-electron chi connectivity index (χ0n) is 28.5. The summed E-state index contributed by atoms with van der Waals surface area (Å²) in [7, 11) is 0.722. The van der Waals surface area contributed by atoms with E-state index in [9.17, 15) is 19.2 Å². The van der Waals surface area contributed by atoms with Gasteiger partial charge in [-0.05, 0) is 60.5 Å². The number of esters is 1. The van der Waals surface area contributed by atoms with Crippen LogP contribution in [0.3, 0.4) is 0 Å². The summed E-state index contributed by atoms with van der Waals surface area (Å²) in [5.74, 6) is -2.06. The number of hydrogen-bond acceptors (Lipinski definition) is 7. The minimum atomic E-state index is -0.901. The molecule has 1 aliphatic heterocycles. The molecule has 3 saturated carbocycles. The number of amides is 2. The number of ketones is 1. The first-order valence-electron chi connectivity index (χ1n) is 16.9. The van der Waals surface area contributed by atoms with Crippen LogP contribution in [-0.4, -0.2) is 62.0 Å². The van der Waals surface area contributed by atoms with Crippen molar-refractivity contribution in [2.24, 2.45) is 29.1 Å². The number of benzene rings is 2. The Morgan fingerprint density at radius 3 is 2.21 bits per heavy atom. The maximum Gasteiger partial charge on any atom is 0.478 e. The summed E-state index contributed by atoms with van der Waals surface area (Å²) in [5, 5.41) is 5.94. The first-order valence-corrected chi connectivity index (χ1v) is 16.9. The topological polar surface area (TPSA) is 120 Å². The summed E-state index contributed by atoms with van der Waals surface area (Å²) in [6.07, 6.45) is 2.31. The van der Waals surface area contributed by atoms with Crippen LogP contribution in [0.4, 0.5) is 0 Å². The molecule has 47 heavy (non-hydrogen) atoms. The van der Waals surface area contributed by atoms with E-state index in [1.165, 1.54) is 7.11 Å². The largest absolute Gasteiger partial charge is 0.478 e. The molecule has 2 bridgehead atoms. The summed E-state index contributed by atoms with van der Waals surface area (Å²) in [6.45, 7) is 10.5. The number of carbonyl (C=O) groups is 4. The molecule has 0 spiro atoms. The van der Waals surface area contributed by atoms with E-state index in [-0.39, 0.29) is 60.4 Å². The lowest BCUT2D eigenvalue weighted by atomic mass is 9.43. The van der Waals surface area contributed by atoms with Crippen LogP contribution < -0.4 is 10.6 Å². The molecule has 1 saturated heterocycles. The van der Waals surface area contributed by atoms with E-state index in [1.54, 1.807) is 0 Å². The average Bonchev–Trinajstić information content (AvgIpc) is 3.41. The second-order valence-electron chi connectivity index (χ2n) is 14.7. The normalized spacial score (nSPS) is 25.9. The van der Waals surface area contributed by atoms with E-state index < -0.39 is 36.9 Å². The molecule has 252 valence electrons. The summed E-state index contributed by atoms with van der Waals surface area (Å²) in [6, 6.07) is 17.7. The van der Waals surface area contributed by atoms with Gasteiger partial charge in [0.1, 0.15) is 0 Å². The van der Waals surface area contributed by atoms with Gasteiger partial charge in [0, 0.05) is 6.42 Å². The van der Waals surface area contributed by atoms with E-state index in [2.05, 4.69) is 31.4 Å². The van der Waals surface area contributed by atoms with E-state index in [4.69, 9.17) is 14.0 Å². The van der Waals surface area contributed by atoms with Gasteiger partial charge in [-0.2, -0.15) is 0 Å². The molecule has 0 radical (unpaired) electrons. The summed E-state index contributed by atoms with van der Waals surface area (Å²) in [4.78, 5) is 53.5. The molecule has 2 N–H and O–H groups in total. The minimum Gasteiger partial charge on any atom is -0.469 e. The van der Waals surface area contributed by atoms with Crippen molar-refractivity contribution < 1.29 is 33.2 Å². The van der Waals surface area contributed by atoms with Crippen LogP contribution >= 0.6 is 0 Å². The zero-order chi connectivity index (χ0) is 33.9. The van der Waals surface area contributed by atoms with E-state index in [0.29, 0.717) is 17.4 Å². The van der Waals surface area contributed by atoms with Crippen molar-refractivity contribution >= 4 is 30.7 Å². The number of ether oxygens (including phenoxy) is 1. The molecule has 3 aliphatic carbocycles. The van der Waals surface area contributed by atoms with Crippen molar-refractivity contribution in [3.63, 3.8) is 0 Å². The van der Waals surface area contributed by atoms with Crippen LogP contribution in [0.25, 0.3) is 0 Å². The predicted octanol–water partition coefficient (Wildman–Crippen LogP) is 4.68. The Bertz CT molecular complexity index is 1430. The SMILES string of the molecule is COC(=O)C[C@H](C(=O)N[C@@H](Cc1ccccc1)C(=O)C[C@H](C(=O)NCB1O[C@@H]2CC3C[C@@H](C3(C)C)[C@]2(C)O1)c1ccccc1)C(C)C. The van der Waals surface area contributed by atoms with Gasteiger partial charge in [-0.15, -0.1) is 0 Å². The van der Waals surface area contributed by atoms with Gasteiger partial charge in [0.15, 0.2) is 5.78 Å². The first kappa shape index (κ1) is 34.8. The third-order valence-corrected chi connectivity index (χ3v) is 11.1. The molecule has 4 fully saturated rings. The molecular weight excluding hydrogens is 595 g/mol. The fourth-order valence-electron chi connectivity index (χ4n) is 8.00. The lowest BCUT2D eigenvalue weighted by molar-refractivity contribution is -0.199. The average molecular weight is 645 g/mol. The van der Waals surface area contributed by atoms with Crippen LogP contribution in [0.1, 0.15) is 77.3 Å². The van der Waals surface area contributed by atoms with Crippen molar-refractivity contribution in [2.75, 3.05) is 13.6 Å². The van der Waals surface area contributed by atoms with Crippen LogP contribution in [0.2, 0.25) is 0 Å². The van der Waals surface area contributed by atoms with E-state index >= 15 is 0 Å². The van der Waals surface area contributed by atoms with Crippen LogP contribution in [-0.2, 0) is 39.6 Å². The summed E-state index contributed by atoms with van der Waals surface area (Å²) in [5.41, 5.74) is 1.40. The number of Topliss-reactive ketones (excluding diaryl/α,β-unsaturated/α-hetero) is 1. The van der Waals surface area contributed by atoms with Crippen LogP contribution in [0.5, 0.6) is 0 Å². The van der Waals surface area contributed by atoms with Crippen LogP contribution in [0.15, 0.2) is 60.7 Å². The van der Waals surface area contributed by atoms with Gasteiger partial charge < -0.3 is 24.7 Å². The molecule has 2 amide bonds. The zero-order valence-corrected chi connectivity index (χ0v) is 28.5. The Morgan fingerprint density at radius 1 is 0.936 bits per heavy atom. The van der Waals surface area contributed by atoms with Gasteiger partial charge in [0.2, 0.25) is 11.8 Å². The molecule has 4 aliphatic rings. The smallest absolute Gasteiger partial charge is 0.469 e. The third-order valence-electron chi connectivity index (χ3n) is 11.1. The monoisotopic (exact) mass is 644 g/mol. The predicted molar refractivity (Wildman–Crippen MR) is 179 cm³/mol. The van der Waals surface area contributed by atoms with Crippen molar-refractivity contribution in [3.8, 4) is 0 Å². The molecule has 2 aromatic carbocycles. The molecule has 1 heterocycles. The molecule has 0 aromatic heterocycles. The van der Waals surface area contributed by atoms with Crippen molar-refractivity contribution in [1.29, 1.82) is 0 Å². The standard InChI is InChI=1S/C37H49BN2O7/c1-23(2)27(21-33(42)45-6)35(44)40-29(17-24-13-9-7-10-14-24)30(41)20-28(25-15-11-8-12-16-25)34(43)39-22-38-46-32-19-26-18-31(36(26,3)4)37(32,5)47-38/h7-16,23,26-29,31-32H,17-22H2,1-6H3,(H,39,43)(H,40,44)/t26?,27-,28-,29-,31-,32+,37-/m0/s1. The highest BCUT2D eigenvalue weighted by atomic mass is 16.7. The highest BCUT2D eigenvalue weighted by Crippen LogP contribution is 2.65. The number of hydrogen-bond donors (Lipinski definition) is 2. The molecule has 2 aromatic rings. The minimum absolute atomic E-state index is 0.00359. The molecule has 9 nitrogen and oxygen atoms in total. The lowest BCUT2D eigenvalue weighted by Crippen LogP contribution is -2.65. The molecule has 7 atom stereocenters. The number of methoxy groups -OCH3 is 1. The molecule has 1 unspecified atom stereocenters. The Hall–Kier alpha value is -3.50. The summed E-state index contributed by atoms with van der Waals surface area (Å²) < 4.78 is 17.6. The van der Waals surface area contributed by atoms with E-state index in [1.807, 2.05) is 74.5 Å². The highest BCUT2D eigenvalue weighted by molar-refractivity contribution is 6.46. The fraction of sp³-hybridized carbons (Fsp3) is 0.568. The van der Waals surface area contributed by atoms with Crippen molar-refractivity contribution in [3.05, 3.63) is 71.8 Å². The van der Waals surface area contributed by atoms with Gasteiger partial charge in [0.25, 0.3) is 0 Å². The number of rotatable bonds is 14. The van der Waals surface area contributed by atoms with Gasteiger partial charge >= 0.3 is 13.1 Å². The quantitative estimate of drug-likeness (QED) is 0.227. The summed E-state index contributed by atoms with van der Waals surface area (Å²) >= 11 is 0. The van der Waals surface area contributed by atoms with Crippen molar-refractivity contribution in [1.82, 2.24) is 10.6 Å². The molecule has 6 rings (SSSR count). The Balaban J connectivity index is 1.30. The number of carbonyl (C=O) groups excluding carboxylic acids is 4. The molecule has 10 heteroatoms. The second-order valence-corrected chi connectivity index (χ2v) is 14.7. The van der Waals surface area contributed by atoms with Crippen LogP contribution in [0, 0.1) is 29.1 Å². The maximum atomic E-state index is 14.1. The molecular formula is C37H49BN2O7. The van der Waals surface area contributed by atoms with Gasteiger partial charge in [-0.25, -0.2) is 0 Å². The third kappa shape index (κ3) is 7.49. The fourth-order valence-corrected chi connectivity index (χ4v) is 8.00. The maximum absolute atomic E-state index is 14.1. The Kier molecular flexibility index (Phi) is 10.6.